The highest BCUT2D eigenvalue weighted by molar-refractivity contribution is 7.98. The Morgan fingerprint density at radius 2 is 2.00 bits per heavy atom. The highest BCUT2D eigenvalue weighted by Gasteiger charge is 2.21. The van der Waals surface area contributed by atoms with Gasteiger partial charge >= 0.3 is 0 Å². The fourth-order valence-electron chi connectivity index (χ4n) is 2.10. The van der Waals surface area contributed by atoms with E-state index in [1.54, 1.807) is 24.3 Å². The van der Waals surface area contributed by atoms with E-state index in [1.807, 2.05) is 6.26 Å². The lowest BCUT2D eigenvalue weighted by Crippen LogP contribution is -2.14. The smallest absolute Gasteiger partial charge is 0.282 e. The minimum Gasteiger partial charge on any atom is -0.322 e. The van der Waals surface area contributed by atoms with Gasteiger partial charge in [-0.1, -0.05) is 0 Å². The molecule has 0 saturated heterocycles. The Kier molecular flexibility index (Phi) is 3.94. The number of fused-ring (bicyclic) bond motifs is 1. The predicted octanol–water partition coefficient (Wildman–Crippen LogP) is 2.84. The molecule has 0 unspecified atom stereocenters. The maximum Gasteiger partial charge on any atom is 0.282 e. The molecule has 0 saturated carbocycles. The second kappa shape index (κ2) is 6.05. The number of nitrogens with zero attached hydrogens (tertiary/aromatic N) is 3. The summed E-state index contributed by atoms with van der Waals surface area (Å²) in [7, 11) is 0. The Labute approximate surface area is 134 Å². The zero-order chi connectivity index (χ0) is 16.4. The summed E-state index contributed by atoms with van der Waals surface area (Å²) < 4.78 is 0. The summed E-state index contributed by atoms with van der Waals surface area (Å²) in [5.41, 5.74) is 1.53. The van der Waals surface area contributed by atoms with Crippen molar-refractivity contribution in [1.29, 1.82) is 0 Å². The maximum absolute atomic E-state index is 12.4. The molecular weight excluding hydrogens is 318 g/mol. The van der Waals surface area contributed by atoms with Crippen LogP contribution in [0.5, 0.6) is 0 Å². The Hall–Kier alpha value is -2.94. The van der Waals surface area contributed by atoms with Gasteiger partial charge in [-0.25, -0.2) is 0 Å². The van der Waals surface area contributed by atoms with Crippen LogP contribution < -0.4 is 5.32 Å². The molecule has 0 aliphatic carbocycles. The second-order valence-corrected chi connectivity index (χ2v) is 5.50. The molecule has 1 amide bonds. The van der Waals surface area contributed by atoms with Crippen LogP contribution in [0.1, 0.15) is 10.4 Å². The number of nitro benzene ring substituents is 1. The maximum atomic E-state index is 12.4. The SMILES string of the molecule is CSc1ccc([N+](=O)[O-])c(C(=O)Nc2ccc3n[nH]nc3c2)c1. The number of anilines is 1. The zero-order valence-electron chi connectivity index (χ0n) is 11.9. The minimum atomic E-state index is -0.570. The lowest BCUT2D eigenvalue weighted by molar-refractivity contribution is -0.385. The lowest BCUT2D eigenvalue weighted by atomic mass is 10.1. The Morgan fingerprint density at radius 1 is 1.22 bits per heavy atom. The normalized spacial score (nSPS) is 10.7. The first-order valence-electron chi connectivity index (χ1n) is 6.53. The number of nitrogens with one attached hydrogen (secondary N) is 2. The number of H-pyrrole nitrogens is 1. The fraction of sp³-hybridized carbons (Fsp3) is 0.0714. The molecule has 1 aromatic heterocycles. The van der Waals surface area contributed by atoms with E-state index < -0.39 is 10.8 Å². The van der Waals surface area contributed by atoms with E-state index in [4.69, 9.17) is 0 Å². The van der Waals surface area contributed by atoms with Crippen molar-refractivity contribution in [2.24, 2.45) is 0 Å². The van der Waals surface area contributed by atoms with Crippen LogP contribution in [-0.2, 0) is 0 Å². The molecule has 116 valence electrons. The Morgan fingerprint density at radius 3 is 2.74 bits per heavy atom. The third-order valence-corrected chi connectivity index (χ3v) is 3.94. The molecule has 3 rings (SSSR count). The molecule has 9 heteroatoms. The number of hydrogen-bond acceptors (Lipinski definition) is 6. The number of thioether (sulfide) groups is 1. The standard InChI is InChI=1S/C14H11N5O3S/c1-23-9-3-5-13(19(21)22)10(7-9)14(20)15-8-2-4-11-12(6-8)17-18-16-11/h2-7H,1H3,(H,15,20)(H,16,17,18). The summed E-state index contributed by atoms with van der Waals surface area (Å²) in [5.74, 6) is -0.546. The molecule has 0 spiro atoms. The molecule has 3 aromatic rings. The predicted molar refractivity (Wildman–Crippen MR) is 86.7 cm³/mol. The minimum absolute atomic E-state index is 0.0158. The molecule has 0 aliphatic heterocycles. The molecule has 0 radical (unpaired) electrons. The molecule has 23 heavy (non-hydrogen) atoms. The summed E-state index contributed by atoms with van der Waals surface area (Å²) in [6, 6.07) is 9.45. The van der Waals surface area contributed by atoms with Crippen molar-refractivity contribution < 1.29 is 9.72 Å². The second-order valence-electron chi connectivity index (χ2n) is 4.62. The first-order valence-corrected chi connectivity index (χ1v) is 7.75. The quantitative estimate of drug-likeness (QED) is 0.432. The molecule has 0 fully saturated rings. The number of nitro groups is 1. The molecule has 0 aliphatic rings. The van der Waals surface area contributed by atoms with Gasteiger partial charge in [0, 0.05) is 16.6 Å². The Balaban J connectivity index is 1.94. The number of amides is 1. The molecule has 0 atom stereocenters. The van der Waals surface area contributed by atoms with Crippen LogP contribution in [0, 0.1) is 10.1 Å². The van der Waals surface area contributed by atoms with E-state index in [0.717, 1.165) is 4.90 Å². The van der Waals surface area contributed by atoms with Crippen LogP contribution in [0.4, 0.5) is 11.4 Å². The topological polar surface area (TPSA) is 114 Å². The number of benzene rings is 2. The fourth-order valence-corrected chi connectivity index (χ4v) is 2.54. The van der Waals surface area contributed by atoms with E-state index >= 15 is 0 Å². The highest BCUT2D eigenvalue weighted by Crippen LogP contribution is 2.26. The van der Waals surface area contributed by atoms with Gasteiger partial charge in [-0.05, 0) is 36.6 Å². The van der Waals surface area contributed by atoms with Crippen molar-refractivity contribution in [2.75, 3.05) is 11.6 Å². The summed E-state index contributed by atoms with van der Waals surface area (Å²) in [6.45, 7) is 0. The number of rotatable bonds is 4. The zero-order valence-corrected chi connectivity index (χ0v) is 12.8. The van der Waals surface area contributed by atoms with Gasteiger partial charge < -0.3 is 5.32 Å². The van der Waals surface area contributed by atoms with E-state index in [0.29, 0.717) is 16.7 Å². The Bertz CT molecular complexity index is 908. The lowest BCUT2D eigenvalue weighted by Gasteiger charge is -2.07. The van der Waals surface area contributed by atoms with E-state index in [9.17, 15) is 14.9 Å². The average molecular weight is 329 g/mol. The third-order valence-electron chi connectivity index (χ3n) is 3.22. The molecular formula is C14H11N5O3S. The van der Waals surface area contributed by atoms with Crippen molar-refractivity contribution in [2.45, 2.75) is 4.90 Å². The molecule has 2 aromatic carbocycles. The van der Waals surface area contributed by atoms with Crippen molar-refractivity contribution in [3.63, 3.8) is 0 Å². The van der Waals surface area contributed by atoms with Gasteiger partial charge in [-0.15, -0.1) is 11.8 Å². The summed E-state index contributed by atoms with van der Waals surface area (Å²) in [5, 5.41) is 24.1. The van der Waals surface area contributed by atoms with Crippen molar-refractivity contribution in [1.82, 2.24) is 15.4 Å². The van der Waals surface area contributed by atoms with Gasteiger partial charge in [-0.3, -0.25) is 14.9 Å². The summed E-state index contributed by atoms with van der Waals surface area (Å²) in [4.78, 5) is 23.7. The van der Waals surface area contributed by atoms with E-state index in [1.165, 1.54) is 23.9 Å². The molecule has 1 heterocycles. The largest absolute Gasteiger partial charge is 0.322 e. The number of carbonyl (C=O) groups excluding carboxylic acids is 1. The van der Waals surface area contributed by atoms with Crippen LogP contribution in [0.25, 0.3) is 11.0 Å². The third kappa shape index (κ3) is 2.99. The first-order chi connectivity index (χ1) is 11.1. The molecule has 8 nitrogen and oxygen atoms in total. The van der Waals surface area contributed by atoms with Crippen molar-refractivity contribution in [3.8, 4) is 0 Å². The first kappa shape index (κ1) is 15.0. The number of aromatic amines is 1. The van der Waals surface area contributed by atoms with Crippen molar-refractivity contribution in [3.05, 3.63) is 52.1 Å². The van der Waals surface area contributed by atoms with Crippen LogP contribution in [-0.4, -0.2) is 32.5 Å². The van der Waals surface area contributed by atoms with Gasteiger partial charge in [0.2, 0.25) is 0 Å². The average Bonchev–Trinajstić information content (AvgIpc) is 3.01. The highest BCUT2D eigenvalue weighted by atomic mass is 32.2. The number of aromatic nitrogens is 3. The summed E-state index contributed by atoms with van der Waals surface area (Å²) >= 11 is 1.41. The molecule has 2 N–H and O–H groups in total. The van der Waals surface area contributed by atoms with Gasteiger partial charge in [0.05, 0.1) is 4.92 Å². The van der Waals surface area contributed by atoms with Gasteiger partial charge in [-0.2, -0.15) is 15.4 Å². The summed E-state index contributed by atoms with van der Waals surface area (Å²) in [6.07, 6.45) is 1.83. The van der Waals surface area contributed by atoms with E-state index in [2.05, 4.69) is 20.7 Å². The van der Waals surface area contributed by atoms with Gasteiger partial charge in [0.25, 0.3) is 11.6 Å². The molecule has 0 bridgehead atoms. The van der Waals surface area contributed by atoms with Crippen LogP contribution in [0.3, 0.4) is 0 Å². The van der Waals surface area contributed by atoms with Crippen molar-refractivity contribution >= 4 is 40.1 Å². The van der Waals surface area contributed by atoms with Crippen LogP contribution in [0.2, 0.25) is 0 Å². The monoisotopic (exact) mass is 329 g/mol. The van der Waals surface area contributed by atoms with Crippen LogP contribution >= 0.6 is 11.8 Å². The van der Waals surface area contributed by atoms with Crippen LogP contribution in [0.15, 0.2) is 41.3 Å². The van der Waals surface area contributed by atoms with E-state index in [-0.39, 0.29) is 11.3 Å². The van der Waals surface area contributed by atoms with Gasteiger partial charge in [0.15, 0.2) is 0 Å². The van der Waals surface area contributed by atoms with Gasteiger partial charge in [0.1, 0.15) is 16.6 Å². The number of hydrogen-bond donors (Lipinski definition) is 2. The number of carbonyl (C=O) groups is 1.